The lowest BCUT2D eigenvalue weighted by atomic mass is 9.89. The van der Waals surface area contributed by atoms with Gasteiger partial charge in [0.25, 0.3) is 5.79 Å². The van der Waals surface area contributed by atoms with E-state index in [4.69, 9.17) is 21.3 Å². The van der Waals surface area contributed by atoms with Crippen molar-refractivity contribution in [1.82, 2.24) is 0 Å². The van der Waals surface area contributed by atoms with Crippen LogP contribution in [0.2, 0.25) is 0 Å². The molecule has 0 radical (unpaired) electrons. The SMILES string of the molecule is C[C@H](O)[C@@H](N)C1O[C@](O)(C(=O)O)C[C@@H](O)[C@H]1N. The van der Waals surface area contributed by atoms with E-state index in [0.717, 1.165) is 0 Å². The van der Waals surface area contributed by atoms with Crippen molar-refractivity contribution in [3.63, 3.8) is 0 Å². The number of hydrogen-bond acceptors (Lipinski definition) is 7. The number of carboxylic acids is 1. The standard InChI is InChI=1S/C9H18N2O6/c1-3(12)5(10)7-6(11)4(13)2-9(16,17-7)8(14)15/h3-7,12-13,16H,2,10-11H2,1H3,(H,14,15)/t3-,4+,5+,6+,7?,9-/m0/s1. The summed E-state index contributed by atoms with van der Waals surface area (Å²) in [4.78, 5) is 10.8. The van der Waals surface area contributed by atoms with Crippen LogP contribution in [-0.4, -0.2) is 62.6 Å². The van der Waals surface area contributed by atoms with E-state index in [0.29, 0.717) is 0 Å². The minimum Gasteiger partial charge on any atom is -0.477 e. The summed E-state index contributed by atoms with van der Waals surface area (Å²) in [6, 6.07) is -1.98. The van der Waals surface area contributed by atoms with Crippen molar-refractivity contribution >= 4 is 5.97 Å². The Kier molecular flexibility index (Phi) is 4.07. The lowest BCUT2D eigenvalue weighted by Crippen LogP contribution is -2.66. The molecule has 6 atom stereocenters. The van der Waals surface area contributed by atoms with Gasteiger partial charge in [0.15, 0.2) is 0 Å². The van der Waals surface area contributed by atoms with Crippen molar-refractivity contribution in [2.24, 2.45) is 11.5 Å². The van der Waals surface area contributed by atoms with Crippen LogP contribution in [0, 0.1) is 0 Å². The summed E-state index contributed by atoms with van der Waals surface area (Å²) >= 11 is 0. The van der Waals surface area contributed by atoms with Gasteiger partial charge in [0.05, 0.1) is 30.4 Å². The lowest BCUT2D eigenvalue weighted by molar-refractivity contribution is -0.279. The summed E-state index contributed by atoms with van der Waals surface area (Å²) in [5.41, 5.74) is 11.2. The van der Waals surface area contributed by atoms with Crippen molar-refractivity contribution < 1.29 is 30.0 Å². The number of aliphatic carboxylic acids is 1. The fourth-order valence-electron chi connectivity index (χ4n) is 1.74. The average molecular weight is 250 g/mol. The second kappa shape index (κ2) is 4.84. The third-order valence-electron chi connectivity index (χ3n) is 2.91. The highest BCUT2D eigenvalue weighted by molar-refractivity contribution is 5.75. The van der Waals surface area contributed by atoms with Gasteiger partial charge >= 0.3 is 5.97 Å². The lowest BCUT2D eigenvalue weighted by Gasteiger charge is -2.43. The van der Waals surface area contributed by atoms with Crippen LogP contribution in [0.3, 0.4) is 0 Å². The summed E-state index contributed by atoms with van der Waals surface area (Å²) in [5, 5.41) is 37.4. The fraction of sp³-hybridized carbons (Fsp3) is 0.889. The maximum absolute atomic E-state index is 10.8. The molecule has 0 aromatic heterocycles. The molecule has 0 amide bonds. The molecule has 1 rings (SSSR count). The molecular formula is C9H18N2O6. The third kappa shape index (κ3) is 2.73. The van der Waals surface area contributed by atoms with E-state index in [9.17, 15) is 20.1 Å². The molecule has 0 spiro atoms. The van der Waals surface area contributed by atoms with E-state index in [1.807, 2.05) is 0 Å². The topological polar surface area (TPSA) is 159 Å². The molecule has 8 nitrogen and oxygen atoms in total. The maximum atomic E-state index is 10.8. The van der Waals surface area contributed by atoms with Crippen LogP contribution in [0.25, 0.3) is 0 Å². The smallest absolute Gasteiger partial charge is 0.364 e. The Morgan fingerprint density at radius 2 is 2.12 bits per heavy atom. The third-order valence-corrected chi connectivity index (χ3v) is 2.91. The number of rotatable bonds is 3. The summed E-state index contributed by atoms with van der Waals surface area (Å²) in [6.45, 7) is 1.38. The zero-order valence-corrected chi connectivity index (χ0v) is 9.35. The Labute approximate surface area is 97.8 Å². The van der Waals surface area contributed by atoms with Gasteiger partial charge in [-0.25, -0.2) is 4.79 Å². The Bertz CT molecular complexity index is 295. The van der Waals surface area contributed by atoms with Gasteiger partial charge in [-0.05, 0) is 6.92 Å². The monoisotopic (exact) mass is 250 g/mol. The van der Waals surface area contributed by atoms with Crippen LogP contribution in [0.5, 0.6) is 0 Å². The van der Waals surface area contributed by atoms with E-state index in [1.54, 1.807) is 0 Å². The van der Waals surface area contributed by atoms with Gasteiger partial charge in [-0.15, -0.1) is 0 Å². The second-order valence-corrected chi connectivity index (χ2v) is 4.34. The Morgan fingerprint density at radius 3 is 2.53 bits per heavy atom. The van der Waals surface area contributed by atoms with Gasteiger partial charge in [0, 0.05) is 6.42 Å². The van der Waals surface area contributed by atoms with Crippen LogP contribution < -0.4 is 11.5 Å². The molecule has 17 heavy (non-hydrogen) atoms. The number of hydrogen-bond donors (Lipinski definition) is 6. The minimum atomic E-state index is -2.54. The highest BCUT2D eigenvalue weighted by Gasteiger charge is 2.51. The molecule has 1 fully saturated rings. The molecule has 8 heteroatoms. The van der Waals surface area contributed by atoms with Gasteiger partial charge in [-0.1, -0.05) is 0 Å². The molecule has 0 aromatic rings. The minimum absolute atomic E-state index is 0.549. The quantitative estimate of drug-likeness (QED) is 0.308. The van der Waals surface area contributed by atoms with Gasteiger partial charge < -0.3 is 36.6 Å². The van der Waals surface area contributed by atoms with Gasteiger partial charge in [0.2, 0.25) is 0 Å². The highest BCUT2D eigenvalue weighted by atomic mass is 16.7. The Balaban J connectivity index is 2.93. The molecule has 0 aliphatic carbocycles. The van der Waals surface area contributed by atoms with E-state index < -0.39 is 48.6 Å². The molecule has 1 aliphatic heterocycles. The zero-order valence-electron chi connectivity index (χ0n) is 9.35. The van der Waals surface area contributed by atoms with Gasteiger partial charge in [-0.2, -0.15) is 0 Å². The molecule has 1 unspecified atom stereocenters. The molecule has 8 N–H and O–H groups in total. The highest BCUT2D eigenvalue weighted by Crippen LogP contribution is 2.28. The van der Waals surface area contributed by atoms with E-state index in [-0.39, 0.29) is 0 Å². The van der Waals surface area contributed by atoms with Crippen molar-refractivity contribution in [2.75, 3.05) is 0 Å². The van der Waals surface area contributed by atoms with Crippen LogP contribution >= 0.6 is 0 Å². The van der Waals surface area contributed by atoms with Gasteiger partial charge in [-0.3, -0.25) is 0 Å². The molecule has 100 valence electrons. The van der Waals surface area contributed by atoms with Crippen molar-refractivity contribution in [3.8, 4) is 0 Å². The predicted octanol–water partition coefficient (Wildman–Crippen LogP) is -3.06. The maximum Gasteiger partial charge on any atom is 0.364 e. The van der Waals surface area contributed by atoms with Crippen LogP contribution in [0.1, 0.15) is 13.3 Å². The molecule has 0 bridgehead atoms. The van der Waals surface area contributed by atoms with Crippen molar-refractivity contribution in [1.29, 1.82) is 0 Å². The number of aliphatic hydroxyl groups is 3. The first-order chi connectivity index (χ1) is 7.69. The number of ether oxygens (including phenoxy) is 1. The van der Waals surface area contributed by atoms with E-state index >= 15 is 0 Å². The van der Waals surface area contributed by atoms with E-state index in [1.165, 1.54) is 6.92 Å². The summed E-state index contributed by atoms with van der Waals surface area (Å²) < 4.78 is 4.93. The molecule has 0 aromatic carbocycles. The number of carboxylic acid groups (broad SMARTS) is 1. The average Bonchev–Trinajstić information content (AvgIpc) is 2.22. The summed E-state index contributed by atoms with van der Waals surface area (Å²) in [5.74, 6) is -4.17. The number of aliphatic hydroxyl groups excluding tert-OH is 2. The summed E-state index contributed by atoms with van der Waals surface area (Å²) in [7, 11) is 0. The number of nitrogens with two attached hydrogens (primary N) is 2. The second-order valence-electron chi connectivity index (χ2n) is 4.34. The zero-order chi connectivity index (χ0) is 13.4. The van der Waals surface area contributed by atoms with E-state index in [2.05, 4.69) is 0 Å². The van der Waals surface area contributed by atoms with Crippen LogP contribution in [-0.2, 0) is 9.53 Å². The normalized spacial score (nSPS) is 41.9. The van der Waals surface area contributed by atoms with Crippen molar-refractivity contribution in [3.05, 3.63) is 0 Å². The molecular weight excluding hydrogens is 232 g/mol. The van der Waals surface area contributed by atoms with Crippen LogP contribution in [0.4, 0.5) is 0 Å². The number of carbonyl (C=O) groups is 1. The molecule has 1 heterocycles. The predicted molar refractivity (Wildman–Crippen MR) is 55.7 cm³/mol. The Morgan fingerprint density at radius 1 is 1.59 bits per heavy atom. The first-order valence-electron chi connectivity index (χ1n) is 5.20. The first kappa shape index (κ1) is 14.3. The summed E-state index contributed by atoms with van der Waals surface area (Å²) in [6.07, 6.45) is -4.00. The van der Waals surface area contributed by atoms with Gasteiger partial charge in [0.1, 0.15) is 0 Å². The fourth-order valence-corrected chi connectivity index (χ4v) is 1.74. The Hall–Kier alpha value is -0.770. The van der Waals surface area contributed by atoms with Crippen molar-refractivity contribution in [2.45, 2.75) is 49.5 Å². The van der Waals surface area contributed by atoms with Crippen LogP contribution in [0.15, 0.2) is 0 Å². The largest absolute Gasteiger partial charge is 0.477 e. The molecule has 1 aliphatic rings. The molecule has 1 saturated heterocycles. The first-order valence-corrected chi connectivity index (χ1v) is 5.20. The molecule has 0 saturated carbocycles.